The molecule has 0 bridgehead atoms. The third-order valence-corrected chi connectivity index (χ3v) is 4.09. The number of nitrogens with two attached hydrogens (primary N) is 1. The summed E-state index contributed by atoms with van der Waals surface area (Å²) in [5, 5.41) is 3.11. The maximum atomic E-state index is 12.3. The summed E-state index contributed by atoms with van der Waals surface area (Å²) < 4.78 is 2.10. The van der Waals surface area contributed by atoms with E-state index in [9.17, 15) is 4.79 Å². The molecule has 4 nitrogen and oxygen atoms in total. The van der Waals surface area contributed by atoms with Crippen LogP contribution in [0.4, 0.5) is 0 Å². The summed E-state index contributed by atoms with van der Waals surface area (Å²) in [5.41, 5.74) is 6.86. The van der Waals surface area contributed by atoms with Crippen LogP contribution < -0.4 is 11.1 Å². The summed E-state index contributed by atoms with van der Waals surface area (Å²) in [6.07, 6.45) is 8.78. The van der Waals surface area contributed by atoms with E-state index in [4.69, 9.17) is 5.73 Å². The van der Waals surface area contributed by atoms with Crippen molar-refractivity contribution >= 4 is 5.91 Å². The number of carbonyl (C=O) groups is 1. The molecule has 2 aliphatic rings. The summed E-state index contributed by atoms with van der Waals surface area (Å²) >= 11 is 0. The minimum atomic E-state index is 0.0363. The predicted octanol–water partition coefficient (Wildman–Crippen LogP) is 1.82. The number of hydrogen-bond donors (Lipinski definition) is 2. The molecular weight excluding hydrogens is 226 g/mol. The summed E-state index contributed by atoms with van der Waals surface area (Å²) in [6, 6.07) is 4.66. The lowest BCUT2D eigenvalue weighted by Gasteiger charge is -2.29. The molecule has 1 aromatic heterocycles. The van der Waals surface area contributed by atoms with Crippen LogP contribution in [0.5, 0.6) is 0 Å². The fraction of sp³-hybridized carbons (Fsp3) is 0.643. The van der Waals surface area contributed by atoms with Gasteiger partial charge in [0.05, 0.1) is 0 Å². The highest BCUT2D eigenvalue weighted by molar-refractivity contribution is 5.93. The van der Waals surface area contributed by atoms with Crippen molar-refractivity contribution in [1.29, 1.82) is 0 Å². The van der Waals surface area contributed by atoms with Gasteiger partial charge >= 0.3 is 0 Å². The first-order valence-electron chi connectivity index (χ1n) is 6.99. The number of nitrogens with one attached hydrogen (secondary N) is 1. The summed E-state index contributed by atoms with van der Waals surface area (Å²) in [4.78, 5) is 12.3. The molecule has 0 saturated heterocycles. The Morgan fingerprint density at radius 2 is 2.06 bits per heavy atom. The van der Waals surface area contributed by atoms with E-state index < -0.39 is 0 Å². The molecule has 2 unspecified atom stereocenters. The second-order valence-corrected chi connectivity index (χ2v) is 5.56. The van der Waals surface area contributed by atoms with Crippen molar-refractivity contribution in [2.75, 3.05) is 0 Å². The van der Waals surface area contributed by atoms with Gasteiger partial charge in [-0.3, -0.25) is 4.79 Å². The van der Waals surface area contributed by atoms with Crippen molar-refractivity contribution in [3.05, 3.63) is 24.0 Å². The Bertz CT molecular complexity index is 436. The minimum Gasteiger partial charge on any atom is -0.346 e. The number of amides is 1. The molecule has 1 heterocycles. The molecule has 0 radical (unpaired) electrons. The number of nitrogens with zero attached hydrogens (tertiary/aromatic N) is 1. The lowest BCUT2D eigenvalue weighted by atomic mass is 9.91. The van der Waals surface area contributed by atoms with Crippen LogP contribution in [0.1, 0.15) is 55.1 Å². The van der Waals surface area contributed by atoms with Gasteiger partial charge in [-0.15, -0.1) is 0 Å². The molecular formula is C14H21N3O. The van der Waals surface area contributed by atoms with Crippen molar-refractivity contribution < 1.29 is 4.79 Å². The Kier molecular flexibility index (Phi) is 3.12. The van der Waals surface area contributed by atoms with E-state index in [1.54, 1.807) is 0 Å². The molecule has 2 saturated carbocycles. The normalized spacial score (nSPS) is 28.1. The lowest BCUT2D eigenvalue weighted by Crippen LogP contribution is -2.49. The maximum absolute atomic E-state index is 12.3. The van der Waals surface area contributed by atoms with E-state index in [0.717, 1.165) is 18.5 Å². The number of hydrogen-bond acceptors (Lipinski definition) is 2. The first kappa shape index (κ1) is 11.8. The predicted molar refractivity (Wildman–Crippen MR) is 70.4 cm³/mol. The van der Waals surface area contributed by atoms with Gasteiger partial charge < -0.3 is 15.6 Å². The third kappa shape index (κ3) is 2.29. The highest BCUT2D eigenvalue weighted by atomic mass is 16.2. The first-order chi connectivity index (χ1) is 8.75. The second kappa shape index (κ2) is 4.76. The van der Waals surface area contributed by atoms with Gasteiger partial charge in [0.15, 0.2) is 0 Å². The highest BCUT2D eigenvalue weighted by Crippen LogP contribution is 2.36. The van der Waals surface area contributed by atoms with Gasteiger partial charge in [-0.25, -0.2) is 0 Å². The summed E-state index contributed by atoms with van der Waals surface area (Å²) in [6.45, 7) is 0. The van der Waals surface area contributed by atoms with Crippen LogP contribution in [0.15, 0.2) is 18.3 Å². The lowest BCUT2D eigenvalue weighted by molar-refractivity contribution is 0.0911. The number of carbonyl (C=O) groups excluding carboxylic acids is 1. The first-order valence-corrected chi connectivity index (χ1v) is 6.99. The van der Waals surface area contributed by atoms with Gasteiger partial charge in [-0.05, 0) is 37.8 Å². The van der Waals surface area contributed by atoms with Gasteiger partial charge in [0, 0.05) is 24.3 Å². The Morgan fingerprint density at radius 3 is 2.78 bits per heavy atom. The molecule has 1 amide bonds. The van der Waals surface area contributed by atoms with Crippen molar-refractivity contribution in [3.8, 4) is 0 Å². The third-order valence-electron chi connectivity index (χ3n) is 4.09. The van der Waals surface area contributed by atoms with Crippen LogP contribution in [0.3, 0.4) is 0 Å². The van der Waals surface area contributed by atoms with E-state index >= 15 is 0 Å². The van der Waals surface area contributed by atoms with Crippen LogP contribution in [0.2, 0.25) is 0 Å². The molecule has 98 valence electrons. The largest absolute Gasteiger partial charge is 0.346 e. The molecule has 3 rings (SSSR count). The maximum Gasteiger partial charge on any atom is 0.268 e. The molecule has 4 heteroatoms. The number of aromatic nitrogens is 1. The van der Waals surface area contributed by atoms with Crippen molar-refractivity contribution in [3.63, 3.8) is 0 Å². The average Bonchev–Trinajstić information content (AvgIpc) is 3.09. The van der Waals surface area contributed by atoms with Gasteiger partial charge in [0.1, 0.15) is 5.69 Å². The molecule has 0 aromatic carbocycles. The van der Waals surface area contributed by atoms with Crippen LogP contribution in [0.25, 0.3) is 0 Å². The zero-order chi connectivity index (χ0) is 12.5. The van der Waals surface area contributed by atoms with Crippen LogP contribution in [-0.2, 0) is 0 Å². The molecule has 2 aliphatic carbocycles. The molecule has 3 N–H and O–H groups in total. The second-order valence-electron chi connectivity index (χ2n) is 5.56. The van der Waals surface area contributed by atoms with Gasteiger partial charge in [0.25, 0.3) is 5.91 Å². The zero-order valence-corrected chi connectivity index (χ0v) is 10.6. The highest BCUT2D eigenvalue weighted by Gasteiger charge is 2.29. The Labute approximate surface area is 108 Å². The molecule has 1 aromatic rings. The fourth-order valence-corrected chi connectivity index (χ4v) is 2.84. The van der Waals surface area contributed by atoms with E-state index in [1.165, 1.54) is 25.7 Å². The fourth-order valence-electron chi connectivity index (χ4n) is 2.84. The smallest absolute Gasteiger partial charge is 0.268 e. The minimum absolute atomic E-state index is 0.0363. The van der Waals surface area contributed by atoms with Crippen LogP contribution in [0, 0.1) is 0 Å². The quantitative estimate of drug-likeness (QED) is 0.856. The van der Waals surface area contributed by atoms with E-state index in [2.05, 4.69) is 9.88 Å². The van der Waals surface area contributed by atoms with E-state index in [0.29, 0.717) is 6.04 Å². The van der Waals surface area contributed by atoms with Crippen LogP contribution in [-0.4, -0.2) is 22.6 Å². The molecule has 2 fully saturated rings. The summed E-state index contributed by atoms with van der Waals surface area (Å²) in [7, 11) is 0. The number of rotatable bonds is 3. The Morgan fingerprint density at radius 1 is 1.28 bits per heavy atom. The van der Waals surface area contributed by atoms with Gasteiger partial charge in [-0.2, -0.15) is 0 Å². The van der Waals surface area contributed by atoms with E-state index in [1.807, 2.05) is 18.3 Å². The standard InChI is InChI=1S/C14H21N3O/c15-11-4-1-2-5-12(11)16-14(18)13-6-3-9-17(13)10-7-8-10/h3,6,9-12H,1-2,4-5,7-8,15H2,(H,16,18). The Hall–Kier alpha value is -1.29. The monoisotopic (exact) mass is 247 g/mol. The molecule has 0 aliphatic heterocycles. The average molecular weight is 247 g/mol. The van der Waals surface area contributed by atoms with Crippen molar-refractivity contribution in [2.24, 2.45) is 5.73 Å². The molecule has 18 heavy (non-hydrogen) atoms. The topological polar surface area (TPSA) is 60.0 Å². The molecule has 2 atom stereocenters. The van der Waals surface area contributed by atoms with E-state index in [-0.39, 0.29) is 18.0 Å². The summed E-state index contributed by atoms with van der Waals surface area (Å²) in [5.74, 6) is 0.0363. The van der Waals surface area contributed by atoms with Crippen LogP contribution >= 0.6 is 0 Å². The zero-order valence-electron chi connectivity index (χ0n) is 10.6. The van der Waals surface area contributed by atoms with Gasteiger partial charge in [0.2, 0.25) is 0 Å². The molecule has 0 spiro atoms. The van der Waals surface area contributed by atoms with Crippen molar-refractivity contribution in [2.45, 2.75) is 56.7 Å². The Balaban J connectivity index is 1.68. The van der Waals surface area contributed by atoms with Gasteiger partial charge in [-0.1, -0.05) is 12.8 Å². The van der Waals surface area contributed by atoms with Crippen molar-refractivity contribution in [1.82, 2.24) is 9.88 Å². The SMILES string of the molecule is NC1CCCCC1NC(=O)c1cccn1C1CC1.